The van der Waals surface area contributed by atoms with Gasteiger partial charge in [-0.2, -0.15) is 0 Å². The van der Waals surface area contributed by atoms with E-state index in [4.69, 9.17) is 15.3 Å². The quantitative estimate of drug-likeness (QED) is 0.379. The van der Waals surface area contributed by atoms with Crippen LogP contribution in [0.25, 0.3) is 0 Å². The molecule has 0 rings (SSSR count). The first-order chi connectivity index (χ1) is 6.14. The fourth-order valence-corrected chi connectivity index (χ4v) is 0.876. The zero-order valence-electron chi connectivity index (χ0n) is 7.36. The second-order valence-electron chi connectivity index (χ2n) is 2.76. The Bertz CT molecular complexity index is 177. The van der Waals surface area contributed by atoms with E-state index in [-0.39, 0.29) is 13.0 Å². The number of carbonyl (C=O) groups excluding carboxylic acids is 1. The van der Waals surface area contributed by atoms with Gasteiger partial charge in [-0.25, -0.2) is 0 Å². The van der Waals surface area contributed by atoms with Gasteiger partial charge < -0.3 is 20.6 Å². The molecule has 0 fully saturated rings. The first kappa shape index (κ1) is 12.1. The Hall–Kier alpha value is -0.910. The Balaban J connectivity index is 4.36. The monoisotopic (exact) mass is 189 g/mol. The maximum Gasteiger partial charge on any atom is 0.243 e. The number of amides is 1. The van der Waals surface area contributed by atoms with Crippen LogP contribution in [0.5, 0.6) is 0 Å². The third-order valence-corrected chi connectivity index (χ3v) is 1.77. The smallest absolute Gasteiger partial charge is 0.243 e. The van der Waals surface area contributed by atoms with Gasteiger partial charge in [0.2, 0.25) is 5.91 Å². The fourth-order valence-electron chi connectivity index (χ4n) is 0.876. The van der Waals surface area contributed by atoms with Gasteiger partial charge in [0.15, 0.2) is 0 Å². The molecule has 0 aromatic heterocycles. The summed E-state index contributed by atoms with van der Waals surface area (Å²) in [5.74, 6) is -0.489. The van der Waals surface area contributed by atoms with Gasteiger partial charge in [-0.05, 0) is 12.5 Å². The minimum Gasteiger partial charge on any atom is -0.396 e. The van der Waals surface area contributed by atoms with Gasteiger partial charge in [-0.3, -0.25) is 4.79 Å². The topological polar surface area (TPSA) is 89.8 Å². The molecule has 0 heterocycles. The standard InChI is InChI=1S/C8H15NO4/c1-2-7(13)9-8(5-11,6-12)3-4-10/h2,10-12H,1,3-6H2,(H,9,13). The van der Waals surface area contributed by atoms with Crippen molar-refractivity contribution < 1.29 is 20.1 Å². The Morgan fingerprint density at radius 2 is 1.92 bits per heavy atom. The summed E-state index contributed by atoms with van der Waals surface area (Å²) in [7, 11) is 0. The number of carbonyl (C=O) groups is 1. The molecule has 0 radical (unpaired) electrons. The van der Waals surface area contributed by atoms with Crippen molar-refractivity contribution in [3.8, 4) is 0 Å². The Morgan fingerprint density at radius 1 is 1.38 bits per heavy atom. The lowest BCUT2D eigenvalue weighted by Gasteiger charge is -2.29. The SMILES string of the molecule is C=CC(=O)NC(CO)(CO)CCO. The summed E-state index contributed by atoms with van der Waals surface area (Å²) in [6.45, 7) is 2.16. The van der Waals surface area contributed by atoms with E-state index >= 15 is 0 Å². The van der Waals surface area contributed by atoms with Crippen LogP contribution >= 0.6 is 0 Å². The molecular weight excluding hydrogens is 174 g/mol. The average molecular weight is 189 g/mol. The molecule has 4 N–H and O–H groups in total. The van der Waals surface area contributed by atoms with Crippen molar-refractivity contribution in [2.75, 3.05) is 19.8 Å². The summed E-state index contributed by atoms with van der Waals surface area (Å²) in [4.78, 5) is 10.9. The van der Waals surface area contributed by atoms with Crippen molar-refractivity contribution in [1.29, 1.82) is 0 Å². The van der Waals surface area contributed by atoms with Gasteiger partial charge in [-0.15, -0.1) is 0 Å². The number of aliphatic hydroxyl groups is 3. The van der Waals surface area contributed by atoms with Crippen LogP contribution in [0.2, 0.25) is 0 Å². The zero-order valence-corrected chi connectivity index (χ0v) is 7.36. The van der Waals surface area contributed by atoms with E-state index < -0.39 is 24.7 Å². The molecule has 0 aliphatic rings. The van der Waals surface area contributed by atoms with Gasteiger partial charge in [0.05, 0.1) is 18.8 Å². The summed E-state index contributed by atoms with van der Waals surface area (Å²) >= 11 is 0. The normalized spacial score (nSPS) is 11.0. The van der Waals surface area contributed by atoms with Crippen molar-refractivity contribution in [3.05, 3.63) is 12.7 Å². The van der Waals surface area contributed by atoms with Crippen LogP contribution in [0.4, 0.5) is 0 Å². The summed E-state index contributed by atoms with van der Waals surface area (Å²) in [6.07, 6.45) is 1.14. The first-order valence-electron chi connectivity index (χ1n) is 3.91. The van der Waals surface area contributed by atoms with Crippen LogP contribution in [-0.2, 0) is 4.79 Å². The molecule has 0 bridgehead atoms. The molecule has 0 atom stereocenters. The highest BCUT2D eigenvalue weighted by molar-refractivity contribution is 5.87. The van der Waals surface area contributed by atoms with Crippen molar-refractivity contribution in [1.82, 2.24) is 5.32 Å². The molecule has 76 valence electrons. The largest absolute Gasteiger partial charge is 0.396 e. The van der Waals surface area contributed by atoms with Crippen molar-refractivity contribution in [2.45, 2.75) is 12.0 Å². The maximum absolute atomic E-state index is 10.9. The third-order valence-electron chi connectivity index (χ3n) is 1.77. The Morgan fingerprint density at radius 3 is 2.23 bits per heavy atom. The maximum atomic E-state index is 10.9. The van der Waals surface area contributed by atoms with Crippen molar-refractivity contribution in [3.63, 3.8) is 0 Å². The Labute approximate surface area is 76.7 Å². The van der Waals surface area contributed by atoms with Crippen LogP contribution in [0, 0.1) is 0 Å². The van der Waals surface area contributed by atoms with E-state index in [2.05, 4.69) is 11.9 Å². The number of hydrogen-bond donors (Lipinski definition) is 4. The molecule has 0 aliphatic carbocycles. The van der Waals surface area contributed by atoms with E-state index in [1.54, 1.807) is 0 Å². The van der Waals surface area contributed by atoms with Crippen molar-refractivity contribution in [2.24, 2.45) is 0 Å². The molecule has 0 aliphatic heterocycles. The molecule has 1 amide bonds. The van der Waals surface area contributed by atoms with Gasteiger partial charge >= 0.3 is 0 Å². The van der Waals surface area contributed by atoms with E-state index in [1.807, 2.05) is 0 Å². The van der Waals surface area contributed by atoms with Gasteiger partial charge in [0.1, 0.15) is 0 Å². The lowest BCUT2D eigenvalue weighted by Crippen LogP contribution is -2.54. The highest BCUT2D eigenvalue weighted by atomic mass is 16.3. The van der Waals surface area contributed by atoms with E-state index in [0.717, 1.165) is 6.08 Å². The lowest BCUT2D eigenvalue weighted by atomic mass is 9.98. The minimum atomic E-state index is -1.15. The van der Waals surface area contributed by atoms with Crippen molar-refractivity contribution >= 4 is 5.91 Å². The molecule has 0 aromatic rings. The van der Waals surface area contributed by atoms with Crippen LogP contribution in [0.1, 0.15) is 6.42 Å². The summed E-state index contributed by atoms with van der Waals surface area (Å²) in [5, 5.41) is 28.9. The first-order valence-corrected chi connectivity index (χ1v) is 3.91. The van der Waals surface area contributed by atoms with E-state index in [0.29, 0.717) is 0 Å². The second kappa shape index (κ2) is 5.69. The predicted octanol–water partition coefficient (Wildman–Crippen LogP) is -1.61. The molecule has 13 heavy (non-hydrogen) atoms. The second-order valence-corrected chi connectivity index (χ2v) is 2.76. The molecule has 0 saturated carbocycles. The predicted molar refractivity (Wildman–Crippen MR) is 46.9 cm³/mol. The summed E-state index contributed by atoms with van der Waals surface area (Å²) in [5.41, 5.74) is -1.15. The fraction of sp³-hybridized carbons (Fsp3) is 0.625. The zero-order chi connectivity index (χ0) is 10.3. The number of rotatable bonds is 6. The summed E-state index contributed by atoms with van der Waals surface area (Å²) in [6, 6.07) is 0. The van der Waals surface area contributed by atoms with Gasteiger partial charge in [-0.1, -0.05) is 6.58 Å². The molecule has 5 nitrogen and oxygen atoms in total. The minimum absolute atomic E-state index is 0.0968. The molecular formula is C8H15NO4. The molecule has 5 heteroatoms. The van der Waals surface area contributed by atoms with Crippen LogP contribution < -0.4 is 5.32 Å². The molecule has 0 spiro atoms. The third kappa shape index (κ3) is 3.54. The molecule has 0 saturated heterocycles. The summed E-state index contributed by atoms with van der Waals surface area (Å²) < 4.78 is 0. The van der Waals surface area contributed by atoms with Gasteiger partial charge in [0, 0.05) is 6.61 Å². The highest BCUT2D eigenvalue weighted by Crippen LogP contribution is 2.08. The number of aliphatic hydroxyl groups excluding tert-OH is 3. The van der Waals surface area contributed by atoms with Crippen LogP contribution in [-0.4, -0.2) is 46.6 Å². The van der Waals surface area contributed by atoms with E-state index in [1.165, 1.54) is 0 Å². The lowest BCUT2D eigenvalue weighted by molar-refractivity contribution is -0.120. The highest BCUT2D eigenvalue weighted by Gasteiger charge is 2.29. The molecule has 0 aromatic carbocycles. The Kier molecular flexibility index (Phi) is 5.29. The van der Waals surface area contributed by atoms with Gasteiger partial charge in [0.25, 0.3) is 0 Å². The van der Waals surface area contributed by atoms with Crippen LogP contribution in [0.15, 0.2) is 12.7 Å². The number of nitrogens with one attached hydrogen (secondary N) is 1. The van der Waals surface area contributed by atoms with Crippen LogP contribution in [0.3, 0.4) is 0 Å². The number of hydrogen-bond acceptors (Lipinski definition) is 4. The van der Waals surface area contributed by atoms with E-state index in [9.17, 15) is 4.79 Å². The molecule has 0 unspecified atom stereocenters. The average Bonchev–Trinajstić information content (AvgIpc) is 2.17.